The van der Waals surface area contributed by atoms with Crippen LogP contribution < -0.4 is 5.73 Å². The molecule has 0 aliphatic heterocycles. The lowest BCUT2D eigenvalue weighted by Gasteiger charge is -2.09. The van der Waals surface area contributed by atoms with Crippen molar-refractivity contribution in [2.75, 3.05) is 5.73 Å². The van der Waals surface area contributed by atoms with Crippen molar-refractivity contribution in [1.82, 2.24) is 20.2 Å². The molecule has 0 atom stereocenters. The standard InChI is InChI=1S/C13H8Cl2FN5/c14-9-5-4-7(16)6-11(9)21-13(18-19-20-21)8-2-1-3-10(17)12(8)15/h1-6H,17H2. The normalized spacial score (nSPS) is 10.8. The second kappa shape index (κ2) is 5.31. The molecular formula is C13H8Cl2FN5. The third-order valence-corrected chi connectivity index (χ3v) is 3.62. The predicted molar refractivity (Wildman–Crippen MR) is 79.0 cm³/mol. The molecule has 1 heterocycles. The zero-order chi connectivity index (χ0) is 15.0. The average molecular weight is 324 g/mol. The second-order valence-corrected chi connectivity index (χ2v) is 5.00. The minimum atomic E-state index is -0.450. The van der Waals surface area contributed by atoms with Gasteiger partial charge in [0.2, 0.25) is 0 Å². The number of benzene rings is 2. The number of hydrogen-bond donors (Lipinski definition) is 1. The molecule has 0 aliphatic rings. The van der Waals surface area contributed by atoms with Crippen molar-refractivity contribution in [3.63, 3.8) is 0 Å². The van der Waals surface area contributed by atoms with Gasteiger partial charge in [-0.15, -0.1) is 5.10 Å². The number of rotatable bonds is 2. The molecule has 0 unspecified atom stereocenters. The summed E-state index contributed by atoms with van der Waals surface area (Å²) in [5, 5.41) is 12.0. The molecule has 0 aliphatic carbocycles. The Bertz CT molecular complexity index is 802. The largest absolute Gasteiger partial charge is 0.398 e. The van der Waals surface area contributed by atoms with Crippen LogP contribution in [0.4, 0.5) is 10.1 Å². The van der Waals surface area contributed by atoms with Gasteiger partial charge in [0.05, 0.1) is 21.4 Å². The molecule has 3 rings (SSSR count). The van der Waals surface area contributed by atoms with E-state index in [0.29, 0.717) is 32.8 Å². The van der Waals surface area contributed by atoms with Crippen molar-refractivity contribution in [2.45, 2.75) is 0 Å². The summed E-state index contributed by atoms with van der Waals surface area (Å²) < 4.78 is 14.7. The van der Waals surface area contributed by atoms with Gasteiger partial charge in [-0.1, -0.05) is 29.3 Å². The van der Waals surface area contributed by atoms with Crippen LogP contribution in [0.5, 0.6) is 0 Å². The van der Waals surface area contributed by atoms with Gasteiger partial charge in [-0.05, 0) is 34.7 Å². The molecule has 3 aromatic rings. The van der Waals surface area contributed by atoms with Gasteiger partial charge in [0.25, 0.3) is 0 Å². The zero-order valence-corrected chi connectivity index (χ0v) is 12.0. The Balaban J connectivity index is 2.22. The van der Waals surface area contributed by atoms with Gasteiger partial charge in [-0.3, -0.25) is 0 Å². The Morgan fingerprint density at radius 2 is 1.95 bits per heavy atom. The van der Waals surface area contributed by atoms with Crippen molar-refractivity contribution in [2.24, 2.45) is 0 Å². The molecule has 8 heteroatoms. The number of nitrogens with two attached hydrogens (primary N) is 1. The number of nitrogens with zero attached hydrogens (tertiary/aromatic N) is 4. The van der Waals surface area contributed by atoms with Crippen LogP contribution in [0.25, 0.3) is 17.1 Å². The summed E-state index contributed by atoms with van der Waals surface area (Å²) in [5.41, 5.74) is 7.02. The highest BCUT2D eigenvalue weighted by Crippen LogP contribution is 2.32. The van der Waals surface area contributed by atoms with Crippen LogP contribution in [0.3, 0.4) is 0 Å². The van der Waals surface area contributed by atoms with Crippen LogP contribution in [-0.2, 0) is 0 Å². The molecule has 0 bridgehead atoms. The number of anilines is 1. The predicted octanol–water partition coefficient (Wildman–Crippen LogP) is 3.36. The smallest absolute Gasteiger partial charge is 0.188 e. The van der Waals surface area contributed by atoms with E-state index in [-0.39, 0.29) is 0 Å². The highest BCUT2D eigenvalue weighted by atomic mass is 35.5. The topological polar surface area (TPSA) is 69.6 Å². The average Bonchev–Trinajstić information content (AvgIpc) is 2.93. The van der Waals surface area contributed by atoms with Gasteiger partial charge in [0.15, 0.2) is 5.82 Å². The summed E-state index contributed by atoms with van der Waals surface area (Å²) in [6.07, 6.45) is 0. The van der Waals surface area contributed by atoms with E-state index < -0.39 is 5.82 Å². The molecule has 0 saturated carbocycles. The maximum atomic E-state index is 13.4. The minimum absolute atomic E-state index is 0.310. The summed E-state index contributed by atoms with van der Waals surface area (Å²) >= 11 is 12.3. The Kier molecular flexibility index (Phi) is 3.48. The van der Waals surface area contributed by atoms with Crippen LogP contribution in [0.2, 0.25) is 10.0 Å². The van der Waals surface area contributed by atoms with Crippen LogP contribution >= 0.6 is 23.2 Å². The highest BCUT2D eigenvalue weighted by Gasteiger charge is 2.17. The number of tetrazole rings is 1. The summed E-state index contributed by atoms with van der Waals surface area (Å²) in [7, 11) is 0. The first-order valence-electron chi connectivity index (χ1n) is 5.86. The molecule has 1 aromatic heterocycles. The number of nitrogen functional groups attached to an aromatic ring is 1. The molecule has 2 aromatic carbocycles. The third kappa shape index (κ3) is 2.43. The Morgan fingerprint density at radius 1 is 1.14 bits per heavy atom. The van der Waals surface area contributed by atoms with Crippen molar-refractivity contribution in [3.05, 3.63) is 52.3 Å². The molecule has 106 valence electrons. The first kappa shape index (κ1) is 13.8. The first-order chi connectivity index (χ1) is 10.1. The van der Waals surface area contributed by atoms with Crippen molar-refractivity contribution in [3.8, 4) is 17.1 Å². The molecule has 0 spiro atoms. The lowest BCUT2D eigenvalue weighted by Crippen LogP contribution is -2.02. The first-order valence-corrected chi connectivity index (χ1v) is 6.61. The van der Waals surface area contributed by atoms with Crippen molar-refractivity contribution < 1.29 is 4.39 Å². The van der Waals surface area contributed by atoms with E-state index >= 15 is 0 Å². The quantitative estimate of drug-likeness (QED) is 0.734. The minimum Gasteiger partial charge on any atom is -0.398 e. The number of aromatic nitrogens is 4. The molecule has 21 heavy (non-hydrogen) atoms. The number of hydrogen-bond acceptors (Lipinski definition) is 4. The second-order valence-electron chi connectivity index (χ2n) is 4.22. The SMILES string of the molecule is Nc1cccc(-c2nnnn2-c2cc(F)ccc2Cl)c1Cl. The van der Waals surface area contributed by atoms with Crippen molar-refractivity contribution in [1.29, 1.82) is 0 Å². The fourth-order valence-corrected chi connectivity index (χ4v) is 2.30. The fraction of sp³-hybridized carbons (Fsp3) is 0. The Labute approximate surface area is 129 Å². The van der Waals surface area contributed by atoms with Crippen LogP contribution in [0.1, 0.15) is 0 Å². The van der Waals surface area contributed by atoms with E-state index in [0.717, 1.165) is 0 Å². The van der Waals surface area contributed by atoms with Gasteiger partial charge in [0, 0.05) is 11.6 Å². The highest BCUT2D eigenvalue weighted by molar-refractivity contribution is 6.35. The summed E-state index contributed by atoms with van der Waals surface area (Å²) in [6.45, 7) is 0. The lowest BCUT2D eigenvalue weighted by molar-refractivity contribution is 0.625. The maximum absolute atomic E-state index is 13.4. The fourth-order valence-electron chi connectivity index (χ4n) is 1.89. The van der Waals surface area contributed by atoms with E-state index in [1.807, 2.05) is 0 Å². The van der Waals surface area contributed by atoms with Crippen molar-refractivity contribution >= 4 is 28.9 Å². The van der Waals surface area contributed by atoms with Crippen LogP contribution in [0.15, 0.2) is 36.4 Å². The van der Waals surface area contributed by atoms with E-state index in [2.05, 4.69) is 15.5 Å². The van der Waals surface area contributed by atoms with Crippen LogP contribution in [-0.4, -0.2) is 20.2 Å². The van der Waals surface area contributed by atoms with E-state index in [9.17, 15) is 4.39 Å². The van der Waals surface area contributed by atoms with Crippen LogP contribution in [0, 0.1) is 5.82 Å². The van der Waals surface area contributed by atoms with Gasteiger partial charge >= 0.3 is 0 Å². The van der Waals surface area contributed by atoms with Gasteiger partial charge < -0.3 is 5.73 Å². The molecule has 2 N–H and O–H groups in total. The van der Waals surface area contributed by atoms with Gasteiger partial charge in [-0.25, -0.2) is 4.39 Å². The molecule has 0 amide bonds. The molecule has 0 saturated heterocycles. The third-order valence-electron chi connectivity index (χ3n) is 2.88. The van der Waals surface area contributed by atoms with E-state index in [1.54, 1.807) is 18.2 Å². The van der Waals surface area contributed by atoms with E-state index in [1.165, 1.54) is 22.9 Å². The zero-order valence-electron chi connectivity index (χ0n) is 10.5. The monoisotopic (exact) mass is 323 g/mol. The summed E-state index contributed by atoms with van der Waals surface area (Å²) in [6, 6.07) is 9.02. The lowest BCUT2D eigenvalue weighted by atomic mass is 10.2. The van der Waals surface area contributed by atoms with Gasteiger partial charge in [0.1, 0.15) is 5.82 Å². The van der Waals surface area contributed by atoms with Gasteiger partial charge in [-0.2, -0.15) is 4.68 Å². The maximum Gasteiger partial charge on any atom is 0.188 e. The number of halogens is 3. The summed E-state index contributed by atoms with van der Waals surface area (Å²) in [5.74, 6) is -0.130. The molecule has 5 nitrogen and oxygen atoms in total. The van der Waals surface area contributed by atoms with E-state index in [4.69, 9.17) is 28.9 Å². The Morgan fingerprint density at radius 3 is 2.76 bits per heavy atom. The molecule has 0 radical (unpaired) electrons. The molecular weight excluding hydrogens is 316 g/mol. The summed E-state index contributed by atoms with van der Waals surface area (Å²) in [4.78, 5) is 0. The molecule has 0 fully saturated rings. The Hall–Kier alpha value is -2.18.